The van der Waals surface area contributed by atoms with Crippen LogP contribution in [0.3, 0.4) is 0 Å². The van der Waals surface area contributed by atoms with Gasteiger partial charge in [-0.1, -0.05) is 48.5 Å². The molecule has 8 rings (SSSR count). The van der Waals surface area contributed by atoms with Gasteiger partial charge in [-0.15, -0.1) is 0 Å². The van der Waals surface area contributed by atoms with Gasteiger partial charge in [0.1, 0.15) is 5.82 Å². The number of imidazole rings is 1. The van der Waals surface area contributed by atoms with Crippen LogP contribution in [0.15, 0.2) is 65.9 Å². The van der Waals surface area contributed by atoms with Gasteiger partial charge in [-0.2, -0.15) is 0 Å². The molecular formula is C37H43N7O2. The number of nitrogens with one attached hydrogen (secondary N) is 1. The maximum absolute atomic E-state index is 13.1. The summed E-state index contributed by atoms with van der Waals surface area (Å²) in [7, 11) is 0. The first-order valence-electron chi connectivity index (χ1n) is 17.1. The summed E-state index contributed by atoms with van der Waals surface area (Å²) in [5, 5.41) is 0. The number of allylic oxidation sites excluding steroid dienone is 1. The predicted molar refractivity (Wildman–Crippen MR) is 179 cm³/mol. The third-order valence-electron chi connectivity index (χ3n) is 10.7. The standard InChI is InChI=1S/C37H43N7O2/c38-33(26-13-14-26)36(45)43-17-1-3-31(43)29-19-28(20-40-29)24-7-5-22(6-8-24)23-9-11-25(12-10-23)30-21-41-35(42-30)32-4-2-18-44(32)37(46)34(39)27-15-16-27/h5-12,20-21,26-27,31-34H,1-4,13-19,38-39H2,(H,41,42)/t31-,32-,33-,34-/m0/s1. The van der Waals surface area contributed by atoms with Crippen LogP contribution in [0.2, 0.25) is 0 Å². The lowest BCUT2D eigenvalue weighted by Crippen LogP contribution is -2.49. The zero-order valence-corrected chi connectivity index (χ0v) is 26.3. The van der Waals surface area contributed by atoms with E-state index in [2.05, 4.69) is 58.5 Å². The lowest BCUT2D eigenvalue weighted by atomic mass is 9.96. The second kappa shape index (κ2) is 11.9. The third-order valence-corrected chi connectivity index (χ3v) is 10.7. The fourth-order valence-corrected chi connectivity index (χ4v) is 7.59. The molecule has 0 unspecified atom stereocenters. The summed E-state index contributed by atoms with van der Waals surface area (Å²) in [6.07, 6.45) is 12.7. The molecule has 3 aromatic rings. The van der Waals surface area contributed by atoms with Crippen LogP contribution in [-0.2, 0) is 9.59 Å². The molecule has 4 atom stereocenters. The molecule has 9 heteroatoms. The zero-order valence-electron chi connectivity index (χ0n) is 26.3. The lowest BCUT2D eigenvalue weighted by Gasteiger charge is -2.27. The first kappa shape index (κ1) is 29.3. The van der Waals surface area contributed by atoms with Crippen LogP contribution in [0.25, 0.3) is 28.0 Å². The number of hydrogen-bond donors (Lipinski definition) is 3. The molecular weight excluding hydrogens is 574 g/mol. The number of nitrogens with zero attached hydrogens (tertiary/aromatic N) is 4. The Balaban J connectivity index is 0.896. The highest BCUT2D eigenvalue weighted by molar-refractivity contribution is 6.03. The van der Waals surface area contributed by atoms with Gasteiger partial charge >= 0.3 is 0 Å². The highest BCUT2D eigenvalue weighted by atomic mass is 16.2. The second-order valence-corrected chi connectivity index (χ2v) is 13.9. The van der Waals surface area contributed by atoms with E-state index in [0.717, 1.165) is 110 Å². The predicted octanol–water partition coefficient (Wildman–Crippen LogP) is 5.06. The van der Waals surface area contributed by atoms with Crippen LogP contribution in [0, 0.1) is 11.8 Å². The summed E-state index contributed by atoms with van der Waals surface area (Å²) < 4.78 is 0. The van der Waals surface area contributed by atoms with Gasteiger partial charge in [-0.25, -0.2) is 4.98 Å². The van der Waals surface area contributed by atoms with Gasteiger partial charge < -0.3 is 26.3 Å². The number of likely N-dealkylation sites (tertiary alicyclic amines) is 2. The number of benzene rings is 2. The molecule has 2 aromatic carbocycles. The minimum Gasteiger partial charge on any atom is -0.340 e. The molecule has 2 aliphatic carbocycles. The molecule has 46 heavy (non-hydrogen) atoms. The Morgan fingerprint density at radius 2 is 1.24 bits per heavy atom. The van der Waals surface area contributed by atoms with Gasteiger partial charge in [-0.3, -0.25) is 14.6 Å². The van der Waals surface area contributed by atoms with Crippen molar-refractivity contribution in [2.24, 2.45) is 28.3 Å². The Bertz CT molecular complexity index is 1680. The Morgan fingerprint density at radius 3 is 1.83 bits per heavy atom. The maximum atomic E-state index is 13.1. The molecule has 0 spiro atoms. The number of amides is 2. The van der Waals surface area contributed by atoms with E-state index in [1.54, 1.807) is 0 Å². The van der Waals surface area contributed by atoms with E-state index in [4.69, 9.17) is 16.5 Å². The molecule has 4 fully saturated rings. The number of carbonyl (C=O) groups is 2. The maximum Gasteiger partial charge on any atom is 0.240 e. The molecule has 2 saturated carbocycles. The van der Waals surface area contributed by atoms with Crippen LogP contribution < -0.4 is 11.5 Å². The van der Waals surface area contributed by atoms with Crippen molar-refractivity contribution >= 4 is 23.1 Å². The van der Waals surface area contributed by atoms with E-state index < -0.39 is 0 Å². The van der Waals surface area contributed by atoms with E-state index in [-0.39, 0.29) is 36.0 Å². The summed E-state index contributed by atoms with van der Waals surface area (Å²) in [5.41, 5.74) is 20.3. The Kier molecular flexibility index (Phi) is 7.61. The first-order chi connectivity index (χ1) is 22.4. The number of aromatic nitrogens is 2. The van der Waals surface area contributed by atoms with Crippen LogP contribution in [0.5, 0.6) is 0 Å². The minimum absolute atomic E-state index is 0.0366. The van der Waals surface area contributed by atoms with Crippen molar-refractivity contribution in [3.63, 3.8) is 0 Å². The average Bonchev–Trinajstić information content (AvgIpc) is 3.83. The Hall–Kier alpha value is -4.08. The van der Waals surface area contributed by atoms with Crippen molar-refractivity contribution in [3.8, 4) is 22.4 Å². The minimum atomic E-state index is -0.381. The highest BCUT2D eigenvalue weighted by Gasteiger charge is 2.42. The van der Waals surface area contributed by atoms with Crippen molar-refractivity contribution in [2.75, 3.05) is 13.1 Å². The zero-order chi connectivity index (χ0) is 31.4. The summed E-state index contributed by atoms with van der Waals surface area (Å²) in [4.78, 5) is 43.0. The van der Waals surface area contributed by atoms with Crippen molar-refractivity contribution in [3.05, 3.63) is 72.3 Å². The van der Waals surface area contributed by atoms with Crippen LogP contribution in [-0.4, -0.2) is 68.5 Å². The third kappa shape index (κ3) is 5.60. The smallest absolute Gasteiger partial charge is 0.240 e. The molecule has 2 amide bonds. The molecule has 0 radical (unpaired) electrons. The Morgan fingerprint density at radius 1 is 0.717 bits per heavy atom. The lowest BCUT2D eigenvalue weighted by molar-refractivity contribution is -0.134. The summed E-state index contributed by atoms with van der Waals surface area (Å²) in [6.45, 7) is 1.53. The van der Waals surface area contributed by atoms with Crippen molar-refractivity contribution < 1.29 is 9.59 Å². The normalized spacial score (nSPS) is 24.2. The summed E-state index contributed by atoms with van der Waals surface area (Å²) in [5.74, 6) is 1.72. The molecule has 2 saturated heterocycles. The van der Waals surface area contributed by atoms with Crippen LogP contribution in [0.4, 0.5) is 0 Å². The van der Waals surface area contributed by atoms with Gasteiger partial charge in [0.15, 0.2) is 0 Å². The van der Waals surface area contributed by atoms with Gasteiger partial charge in [-0.05, 0) is 91.0 Å². The number of aromatic amines is 1. The molecule has 3 aliphatic heterocycles. The second-order valence-electron chi connectivity index (χ2n) is 13.9. The van der Waals surface area contributed by atoms with Crippen LogP contribution in [0.1, 0.15) is 75.2 Å². The first-order valence-corrected chi connectivity index (χ1v) is 17.1. The summed E-state index contributed by atoms with van der Waals surface area (Å²) >= 11 is 0. The van der Waals surface area contributed by atoms with Crippen molar-refractivity contribution in [2.45, 2.75) is 82.0 Å². The molecule has 1 aromatic heterocycles. The van der Waals surface area contributed by atoms with E-state index in [1.165, 1.54) is 5.57 Å². The fraction of sp³-hybridized carbons (Fsp3) is 0.459. The van der Waals surface area contributed by atoms with E-state index in [0.29, 0.717) is 11.8 Å². The van der Waals surface area contributed by atoms with Gasteiger partial charge in [0.25, 0.3) is 0 Å². The molecule has 9 nitrogen and oxygen atoms in total. The molecule has 5 aliphatic rings. The van der Waals surface area contributed by atoms with E-state index >= 15 is 0 Å². The van der Waals surface area contributed by atoms with E-state index in [1.807, 2.05) is 22.2 Å². The number of H-pyrrole nitrogens is 1. The fourth-order valence-electron chi connectivity index (χ4n) is 7.59. The number of aliphatic imine (C=N–C) groups is 1. The quantitative estimate of drug-likeness (QED) is 0.309. The number of hydrogen-bond acceptors (Lipinski definition) is 6. The monoisotopic (exact) mass is 617 g/mol. The summed E-state index contributed by atoms with van der Waals surface area (Å²) in [6, 6.07) is 16.5. The molecule has 0 bridgehead atoms. The van der Waals surface area contributed by atoms with Crippen molar-refractivity contribution in [1.29, 1.82) is 0 Å². The largest absolute Gasteiger partial charge is 0.340 e. The Labute approximate surface area is 270 Å². The van der Waals surface area contributed by atoms with Gasteiger partial charge in [0.05, 0.1) is 36.1 Å². The molecule has 5 N–H and O–H groups in total. The number of rotatable bonds is 9. The van der Waals surface area contributed by atoms with Crippen LogP contribution >= 0.6 is 0 Å². The van der Waals surface area contributed by atoms with Crippen molar-refractivity contribution in [1.82, 2.24) is 19.8 Å². The van der Waals surface area contributed by atoms with Gasteiger partial charge in [0.2, 0.25) is 11.8 Å². The topological polar surface area (TPSA) is 134 Å². The average molecular weight is 618 g/mol. The number of carbonyl (C=O) groups excluding carboxylic acids is 2. The molecule has 4 heterocycles. The highest BCUT2D eigenvalue weighted by Crippen LogP contribution is 2.38. The van der Waals surface area contributed by atoms with Gasteiger partial charge in [0, 0.05) is 31.4 Å². The number of nitrogens with two attached hydrogens (primary N) is 2. The molecule has 238 valence electrons. The SMILES string of the molecule is N[C@H](C(=O)N1CCC[C@H]1C1=NC=C(c2ccc(-c3ccc(-c4cnc([C@@H]5CCCN5C(=O)[C@@H](N)C5CC5)[nH]4)cc3)cc2)C1)C1CC1. The van der Waals surface area contributed by atoms with E-state index in [9.17, 15) is 9.59 Å².